The molecule has 3 heterocycles. The average molecular weight is 321 g/mol. The lowest BCUT2D eigenvalue weighted by atomic mass is 10.1. The molecule has 0 saturated carbocycles. The Bertz CT molecular complexity index is 779. The molecule has 0 amide bonds. The van der Waals surface area contributed by atoms with Crippen molar-refractivity contribution in [2.45, 2.75) is 18.9 Å². The zero-order valence-electron chi connectivity index (χ0n) is 13.3. The second-order valence-electron chi connectivity index (χ2n) is 5.94. The summed E-state index contributed by atoms with van der Waals surface area (Å²) in [6, 6.07) is 14.5. The highest BCUT2D eigenvalue weighted by Gasteiger charge is 2.15. The topological polar surface area (TPSA) is 75.9 Å². The summed E-state index contributed by atoms with van der Waals surface area (Å²) in [6.07, 6.45) is 3.55. The van der Waals surface area contributed by atoms with Gasteiger partial charge in [0.1, 0.15) is 5.82 Å². The monoisotopic (exact) mass is 321 g/mol. The molecule has 1 atom stereocenters. The number of benzene rings is 1. The zero-order chi connectivity index (χ0) is 16.2. The van der Waals surface area contributed by atoms with Crippen LogP contribution in [0.5, 0.6) is 0 Å². The van der Waals surface area contributed by atoms with Crippen LogP contribution >= 0.6 is 0 Å². The smallest absolute Gasteiger partial charge is 0.259 e. The van der Waals surface area contributed by atoms with E-state index in [-0.39, 0.29) is 0 Å². The number of hydrogen-bond acceptors (Lipinski definition) is 6. The van der Waals surface area contributed by atoms with Crippen LogP contribution in [0.15, 0.2) is 53.2 Å². The Morgan fingerprint density at radius 3 is 2.83 bits per heavy atom. The van der Waals surface area contributed by atoms with Crippen LogP contribution in [0.1, 0.15) is 17.8 Å². The van der Waals surface area contributed by atoms with Crippen molar-refractivity contribution in [3.63, 3.8) is 0 Å². The number of nitrogens with one attached hydrogen (secondary N) is 2. The number of anilines is 1. The molecule has 2 aromatic heterocycles. The summed E-state index contributed by atoms with van der Waals surface area (Å²) >= 11 is 0. The standard InChI is InChI=1S/C18H19N5O/c1-2-4-13(5-3-1)10-17-22-18(24-23-17)14-6-7-16(20-11-14)21-15-8-9-19-12-15/h1-7,11,15,19H,8-10,12H2,(H,20,21). The Kier molecular flexibility index (Phi) is 4.20. The molecule has 0 aliphatic carbocycles. The van der Waals surface area contributed by atoms with E-state index in [0.29, 0.717) is 24.2 Å². The second-order valence-corrected chi connectivity index (χ2v) is 5.94. The average Bonchev–Trinajstić information content (AvgIpc) is 3.29. The Hall–Kier alpha value is -2.73. The number of pyridine rings is 1. The van der Waals surface area contributed by atoms with Gasteiger partial charge in [0.2, 0.25) is 0 Å². The van der Waals surface area contributed by atoms with E-state index in [2.05, 4.69) is 37.9 Å². The van der Waals surface area contributed by atoms with Crippen LogP contribution in [-0.4, -0.2) is 34.3 Å². The number of aromatic nitrogens is 3. The summed E-state index contributed by atoms with van der Waals surface area (Å²) in [6.45, 7) is 2.04. The van der Waals surface area contributed by atoms with Crippen molar-refractivity contribution in [1.82, 2.24) is 20.4 Å². The van der Waals surface area contributed by atoms with Crippen molar-refractivity contribution >= 4 is 5.82 Å². The second kappa shape index (κ2) is 6.80. The third-order valence-electron chi connectivity index (χ3n) is 4.10. The van der Waals surface area contributed by atoms with Gasteiger partial charge in [-0.3, -0.25) is 0 Å². The van der Waals surface area contributed by atoms with Gasteiger partial charge in [0.25, 0.3) is 5.89 Å². The molecular weight excluding hydrogens is 302 g/mol. The van der Waals surface area contributed by atoms with E-state index in [9.17, 15) is 0 Å². The maximum absolute atomic E-state index is 5.36. The fraction of sp³-hybridized carbons (Fsp3) is 0.278. The summed E-state index contributed by atoms with van der Waals surface area (Å²) in [5, 5.41) is 10.8. The maximum Gasteiger partial charge on any atom is 0.259 e. The van der Waals surface area contributed by atoms with Crippen LogP contribution in [0.25, 0.3) is 11.5 Å². The first-order valence-corrected chi connectivity index (χ1v) is 8.17. The minimum atomic E-state index is 0.448. The molecule has 0 spiro atoms. The van der Waals surface area contributed by atoms with Crippen LogP contribution in [-0.2, 0) is 6.42 Å². The van der Waals surface area contributed by atoms with Crippen molar-refractivity contribution in [2.75, 3.05) is 18.4 Å². The van der Waals surface area contributed by atoms with E-state index >= 15 is 0 Å². The Morgan fingerprint density at radius 2 is 2.08 bits per heavy atom. The molecule has 1 fully saturated rings. The van der Waals surface area contributed by atoms with Crippen LogP contribution < -0.4 is 10.6 Å². The van der Waals surface area contributed by atoms with E-state index in [0.717, 1.165) is 36.5 Å². The molecule has 122 valence electrons. The van der Waals surface area contributed by atoms with Gasteiger partial charge in [-0.05, 0) is 30.7 Å². The van der Waals surface area contributed by atoms with Crippen LogP contribution in [0.2, 0.25) is 0 Å². The van der Waals surface area contributed by atoms with E-state index in [1.54, 1.807) is 6.20 Å². The molecule has 1 aromatic carbocycles. The van der Waals surface area contributed by atoms with Gasteiger partial charge in [0.05, 0.1) is 5.56 Å². The van der Waals surface area contributed by atoms with Gasteiger partial charge in [-0.15, -0.1) is 0 Å². The lowest BCUT2D eigenvalue weighted by Gasteiger charge is -2.11. The third kappa shape index (κ3) is 3.44. The van der Waals surface area contributed by atoms with Gasteiger partial charge in [0, 0.05) is 25.2 Å². The SMILES string of the molecule is c1ccc(Cc2noc(-c3ccc(NC4CCNC4)nc3)n2)cc1. The normalized spacial score (nSPS) is 17.1. The first kappa shape index (κ1) is 14.8. The fourth-order valence-electron chi connectivity index (χ4n) is 2.81. The van der Waals surface area contributed by atoms with Crippen LogP contribution in [0.3, 0.4) is 0 Å². The van der Waals surface area contributed by atoms with E-state index in [1.807, 2.05) is 30.3 Å². The predicted octanol–water partition coefficient (Wildman–Crippen LogP) is 2.50. The van der Waals surface area contributed by atoms with Crippen molar-refractivity contribution in [3.05, 3.63) is 60.0 Å². The summed E-state index contributed by atoms with van der Waals surface area (Å²) < 4.78 is 5.36. The first-order valence-electron chi connectivity index (χ1n) is 8.17. The maximum atomic E-state index is 5.36. The van der Waals surface area contributed by atoms with Crippen molar-refractivity contribution in [2.24, 2.45) is 0 Å². The van der Waals surface area contributed by atoms with E-state index < -0.39 is 0 Å². The highest BCUT2D eigenvalue weighted by atomic mass is 16.5. The van der Waals surface area contributed by atoms with Crippen LogP contribution in [0, 0.1) is 0 Å². The number of hydrogen-bond donors (Lipinski definition) is 2. The third-order valence-corrected chi connectivity index (χ3v) is 4.10. The van der Waals surface area contributed by atoms with Crippen molar-refractivity contribution in [1.29, 1.82) is 0 Å². The Balaban J connectivity index is 1.44. The predicted molar refractivity (Wildman–Crippen MR) is 91.7 cm³/mol. The van der Waals surface area contributed by atoms with Crippen molar-refractivity contribution < 1.29 is 4.52 Å². The Morgan fingerprint density at radius 1 is 1.17 bits per heavy atom. The molecule has 1 unspecified atom stereocenters. The summed E-state index contributed by atoms with van der Waals surface area (Å²) in [7, 11) is 0. The first-order chi connectivity index (χ1) is 11.9. The zero-order valence-corrected chi connectivity index (χ0v) is 13.3. The molecule has 3 aromatic rings. The van der Waals surface area contributed by atoms with E-state index in [1.165, 1.54) is 0 Å². The largest absolute Gasteiger partial charge is 0.366 e. The summed E-state index contributed by atoms with van der Waals surface area (Å²) in [5.41, 5.74) is 1.99. The lowest BCUT2D eigenvalue weighted by Crippen LogP contribution is -2.22. The molecule has 1 aliphatic rings. The van der Waals surface area contributed by atoms with Gasteiger partial charge in [-0.25, -0.2) is 4.98 Å². The molecule has 2 N–H and O–H groups in total. The molecular formula is C18H19N5O. The quantitative estimate of drug-likeness (QED) is 0.752. The van der Waals surface area contributed by atoms with Gasteiger partial charge in [-0.1, -0.05) is 35.5 Å². The molecule has 1 saturated heterocycles. The fourth-order valence-corrected chi connectivity index (χ4v) is 2.81. The number of nitrogens with zero attached hydrogens (tertiary/aromatic N) is 3. The molecule has 4 rings (SSSR count). The van der Waals surface area contributed by atoms with Gasteiger partial charge in [-0.2, -0.15) is 4.98 Å². The summed E-state index contributed by atoms with van der Waals surface area (Å²) in [4.78, 5) is 8.91. The van der Waals surface area contributed by atoms with Gasteiger partial charge in [0.15, 0.2) is 5.82 Å². The Labute approximate surface area is 140 Å². The highest BCUT2D eigenvalue weighted by Crippen LogP contribution is 2.19. The molecule has 0 radical (unpaired) electrons. The van der Waals surface area contributed by atoms with Gasteiger partial charge >= 0.3 is 0 Å². The molecule has 0 bridgehead atoms. The highest BCUT2D eigenvalue weighted by molar-refractivity contribution is 5.54. The van der Waals surface area contributed by atoms with E-state index in [4.69, 9.17) is 4.52 Å². The van der Waals surface area contributed by atoms with Crippen LogP contribution in [0.4, 0.5) is 5.82 Å². The lowest BCUT2D eigenvalue weighted by molar-refractivity contribution is 0.424. The molecule has 6 heteroatoms. The minimum Gasteiger partial charge on any atom is -0.366 e. The van der Waals surface area contributed by atoms with Crippen molar-refractivity contribution in [3.8, 4) is 11.5 Å². The molecule has 1 aliphatic heterocycles. The van der Waals surface area contributed by atoms with Gasteiger partial charge < -0.3 is 15.2 Å². The molecule has 24 heavy (non-hydrogen) atoms. The molecule has 6 nitrogen and oxygen atoms in total. The minimum absolute atomic E-state index is 0.448. The number of rotatable bonds is 5. The summed E-state index contributed by atoms with van der Waals surface area (Å²) in [5.74, 6) is 2.05.